The van der Waals surface area contributed by atoms with Crippen molar-refractivity contribution >= 4 is 5.78 Å². The van der Waals surface area contributed by atoms with Gasteiger partial charge in [-0.1, -0.05) is 13.8 Å². The number of likely N-dealkylation sites (N-methyl/N-ethyl adjacent to an activating group) is 1. The van der Waals surface area contributed by atoms with Gasteiger partial charge in [0.25, 0.3) is 0 Å². The van der Waals surface area contributed by atoms with Crippen molar-refractivity contribution in [1.29, 1.82) is 0 Å². The van der Waals surface area contributed by atoms with Crippen LogP contribution in [0.25, 0.3) is 0 Å². The Morgan fingerprint density at radius 2 is 2.44 bits per heavy atom. The molecule has 0 spiro atoms. The molecule has 2 nitrogen and oxygen atoms in total. The maximum absolute atomic E-state index is 10.9. The largest absolute Gasteiger partial charge is 0.298 e. The van der Waals surface area contributed by atoms with Crippen LogP contribution in [0.5, 0.6) is 0 Å². The Hall–Kier alpha value is -0.370. The SMILES string of the molecule is CCN1CC(=O)[C@H](C)C1. The molecule has 0 amide bonds. The van der Waals surface area contributed by atoms with Crippen LogP contribution < -0.4 is 0 Å². The molecule has 1 aliphatic heterocycles. The van der Waals surface area contributed by atoms with Gasteiger partial charge in [-0.3, -0.25) is 9.69 Å². The number of carbonyl (C=O) groups is 1. The van der Waals surface area contributed by atoms with Gasteiger partial charge in [0.05, 0.1) is 6.54 Å². The molecule has 0 aromatic heterocycles. The molecule has 52 valence electrons. The van der Waals surface area contributed by atoms with Gasteiger partial charge >= 0.3 is 0 Å². The molecule has 1 rings (SSSR count). The zero-order valence-corrected chi connectivity index (χ0v) is 6.05. The Morgan fingerprint density at radius 3 is 2.67 bits per heavy atom. The molecule has 9 heavy (non-hydrogen) atoms. The first-order valence-corrected chi connectivity index (χ1v) is 3.49. The van der Waals surface area contributed by atoms with Gasteiger partial charge in [-0.2, -0.15) is 0 Å². The number of rotatable bonds is 1. The van der Waals surface area contributed by atoms with Crippen LogP contribution in [0.15, 0.2) is 0 Å². The Balaban J connectivity index is 2.44. The minimum atomic E-state index is 0.282. The van der Waals surface area contributed by atoms with Gasteiger partial charge in [0.15, 0.2) is 5.78 Å². The summed E-state index contributed by atoms with van der Waals surface area (Å²) in [5.41, 5.74) is 0. The summed E-state index contributed by atoms with van der Waals surface area (Å²) in [5.74, 6) is 0.682. The highest BCUT2D eigenvalue weighted by atomic mass is 16.1. The lowest BCUT2D eigenvalue weighted by Crippen LogP contribution is -2.19. The van der Waals surface area contributed by atoms with Crippen molar-refractivity contribution in [3.05, 3.63) is 0 Å². The second-order valence-electron chi connectivity index (χ2n) is 2.70. The monoisotopic (exact) mass is 127 g/mol. The summed E-state index contributed by atoms with van der Waals surface area (Å²) >= 11 is 0. The molecule has 0 aromatic rings. The molecule has 1 heterocycles. The van der Waals surface area contributed by atoms with Gasteiger partial charge in [-0.15, -0.1) is 0 Å². The maximum Gasteiger partial charge on any atom is 0.150 e. The maximum atomic E-state index is 10.9. The van der Waals surface area contributed by atoms with Crippen molar-refractivity contribution in [2.75, 3.05) is 19.6 Å². The predicted molar refractivity (Wildman–Crippen MR) is 36.3 cm³/mol. The second-order valence-corrected chi connectivity index (χ2v) is 2.70. The lowest BCUT2D eigenvalue weighted by atomic mass is 10.1. The number of Topliss-reactive ketones (excluding diaryl/α,β-unsaturated/α-hetero) is 1. The van der Waals surface area contributed by atoms with E-state index < -0.39 is 0 Å². The number of nitrogens with zero attached hydrogens (tertiary/aromatic N) is 1. The molecule has 2 heteroatoms. The summed E-state index contributed by atoms with van der Waals surface area (Å²) in [6, 6.07) is 0. The molecule has 1 atom stereocenters. The predicted octanol–water partition coefficient (Wildman–Crippen LogP) is 0.527. The third-order valence-corrected chi connectivity index (χ3v) is 1.91. The first-order chi connectivity index (χ1) is 4.24. The smallest absolute Gasteiger partial charge is 0.150 e. The number of hydrogen-bond acceptors (Lipinski definition) is 2. The number of carbonyl (C=O) groups excluding carboxylic acids is 1. The van der Waals surface area contributed by atoms with Crippen molar-refractivity contribution in [1.82, 2.24) is 4.90 Å². The molecular formula is C7H13NO. The molecule has 1 aliphatic rings. The van der Waals surface area contributed by atoms with E-state index in [1.54, 1.807) is 0 Å². The fraction of sp³-hybridized carbons (Fsp3) is 0.857. The van der Waals surface area contributed by atoms with Crippen molar-refractivity contribution in [3.63, 3.8) is 0 Å². The van der Waals surface area contributed by atoms with Crippen LogP contribution in [0.4, 0.5) is 0 Å². The van der Waals surface area contributed by atoms with Crippen molar-refractivity contribution in [3.8, 4) is 0 Å². The molecule has 0 radical (unpaired) electrons. The average Bonchev–Trinajstić information content (AvgIpc) is 2.13. The lowest BCUT2D eigenvalue weighted by molar-refractivity contribution is -0.119. The highest BCUT2D eigenvalue weighted by Gasteiger charge is 2.24. The van der Waals surface area contributed by atoms with E-state index in [4.69, 9.17) is 0 Å². The summed E-state index contributed by atoms with van der Waals surface area (Å²) in [7, 11) is 0. The Bertz CT molecular complexity index is 122. The fourth-order valence-electron chi connectivity index (χ4n) is 1.17. The van der Waals surface area contributed by atoms with E-state index >= 15 is 0 Å². The minimum Gasteiger partial charge on any atom is -0.298 e. The molecule has 0 N–H and O–H groups in total. The molecular weight excluding hydrogens is 114 g/mol. The van der Waals surface area contributed by atoms with Crippen LogP contribution >= 0.6 is 0 Å². The summed E-state index contributed by atoms with van der Waals surface area (Å²) < 4.78 is 0. The van der Waals surface area contributed by atoms with Gasteiger partial charge in [0.2, 0.25) is 0 Å². The van der Waals surface area contributed by atoms with E-state index in [1.807, 2.05) is 6.92 Å². The van der Waals surface area contributed by atoms with Gasteiger partial charge in [-0.25, -0.2) is 0 Å². The molecule has 0 aliphatic carbocycles. The summed E-state index contributed by atoms with van der Waals surface area (Å²) in [5, 5.41) is 0. The normalized spacial score (nSPS) is 29.6. The van der Waals surface area contributed by atoms with Gasteiger partial charge in [0, 0.05) is 12.5 Å². The van der Waals surface area contributed by atoms with E-state index in [0.717, 1.165) is 13.1 Å². The van der Waals surface area contributed by atoms with E-state index in [0.29, 0.717) is 12.3 Å². The zero-order chi connectivity index (χ0) is 6.85. The van der Waals surface area contributed by atoms with Crippen LogP contribution in [0.1, 0.15) is 13.8 Å². The summed E-state index contributed by atoms with van der Waals surface area (Å²) in [6.45, 7) is 6.74. The van der Waals surface area contributed by atoms with Crippen LogP contribution in [-0.2, 0) is 4.79 Å². The first kappa shape index (κ1) is 6.75. The fourth-order valence-corrected chi connectivity index (χ4v) is 1.17. The minimum absolute atomic E-state index is 0.282. The van der Waals surface area contributed by atoms with E-state index in [2.05, 4.69) is 11.8 Å². The van der Waals surface area contributed by atoms with Gasteiger partial charge < -0.3 is 0 Å². The molecule has 0 aromatic carbocycles. The second kappa shape index (κ2) is 2.48. The number of ketones is 1. The number of hydrogen-bond donors (Lipinski definition) is 0. The summed E-state index contributed by atoms with van der Waals surface area (Å²) in [6.07, 6.45) is 0. The molecule has 1 saturated heterocycles. The van der Waals surface area contributed by atoms with Crippen LogP contribution in [0.2, 0.25) is 0 Å². The topological polar surface area (TPSA) is 20.3 Å². The van der Waals surface area contributed by atoms with Crippen LogP contribution in [-0.4, -0.2) is 30.3 Å². The third-order valence-electron chi connectivity index (χ3n) is 1.91. The quantitative estimate of drug-likeness (QED) is 0.512. The van der Waals surface area contributed by atoms with Crippen molar-refractivity contribution in [2.24, 2.45) is 5.92 Å². The van der Waals surface area contributed by atoms with Crippen molar-refractivity contribution < 1.29 is 4.79 Å². The van der Waals surface area contributed by atoms with E-state index in [9.17, 15) is 4.79 Å². The highest BCUT2D eigenvalue weighted by molar-refractivity contribution is 5.84. The third kappa shape index (κ3) is 1.30. The summed E-state index contributed by atoms with van der Waals surface area (Å²) in [4.78, 5) is 13.1. The molecule has 0 bridgehead atoms. The zero-order valence-electron chi connectivity index (χ0n) is 6.05. The standard InChI is InChI=1S/C7H13NO/c1-3-8-4-6(2)7(9)5-8/h6H,3-5H2,1-2H3/t6-/m1/s1. The van der Waals surface area contributed by atoms with Crippen molar-refractivity contribution in [2.45, 2.75) is 13.8 Å². The van der Waals surface area contributed by atoms with E-state index in [1.165, 1.54) is 0 Å². The average molecular weight is 127 g/mol. The van der Waals surface area contributed by atoms with Crippen LogP contribution in [0, 0.1) is 5.92 Å². The van der Waals surface area contributed by atoms with Gasteiger partial charge in [0.1, 0.15) is 0 Å². The van der Waals surface area contributed by atoms with Crippen LogP contribution in [0.3, 0.4) is 0 Å². The molecule has 1 fully saturated rings. The number of likely N-dealkylation sites (tertiary alicyclic amines) is 1. The Labute approximate surface area is 55.8 Å². The lowest BCUT2D eigenvalue weighted by Gasteiger charge is -2.08. The molecule has 0 unspecified atom stereocenters. The Morgan fingerprint density at radius 1 is 1.78 bits per heavy atom. The Kier molecular flexibility index (Phi) is 1.86. The molecule has 0 saturated carbocycles. The van der Waals surface area contributed by atoms with Gasteiger partial charge in [-0.05, 0) is 6.54 Å². The first-order valence-electron chi connectivity index (χ1n) is 3.49. The van der Waals surface area contributed by atoms with E-state index in [-0.39, 0.29) is 5.92 Å². The highest BCUT2D eigenvalue weighted by Crippen LogP contribution is 2.09.